The van der Waals surface area contributed by atoms with Gasteiger partial charge in [-0.1, -0.05) is 0 Å². The highest BCUT2D eigenvalue weighted by atomic mass is 16.4. The summed E-state index contributed by atoms with van der Waals surface area (Å²) in [6, 6.07) is -3.80. The molecule has 0 bridgehead atoms. The summed E-state index contributed by atoms with van der Waals surface area (Å²) in [5.41, 5.74) is 5.48. The Balaban J connectivity index is 2.89. The molecule has 1 fully saturated rings. The lowest BCUT2D eigenvalue weighted by Gasteiger charge is -2.28. The van der Waals surface area contributed by atoms with Crippen LogP contribution in [0.4, 0.5) is 0 Å². The maximum atomic E-state index is 12.7. The van der Waals surface area contributed by atoms with E-state index in [9.17, 15) is 29.1 Å². The second-order valence-electron chi connectivity index (χ2n) is 6.23. The van der Waals surface area contributed by atoms with Gasteiger partial charge in [-0.3, -0.25) is 24.0 Å². The molecular formula is C15H24N4O8. The lowest BCUT2D eigenvalue weighted by molar-refractivity contribution is -0.146. The number of aliphatic hydroxyl groups is 1. The Morgan fingerprint density at radius 2 is 1.81 bits per heavy atom. The van der Waals surface area contributed by atoms with E-state index in [0.29, 0.717) is 6.42 Å². The number of carbonyl (C=O) groups is 5. The molecule has 4 unspecified atom stereocenters. The zero-order valence-corrected chi connectivity index (χ0v) is 14.8. The van der Waals surface area contributed by atoms with Crippen molar-refractivity contribution >= 4 is 29.7 Å². The first-order chi connectivity index (χ1) is 12.5. The number of likely N-dealkylation sites (tertiary alicyclic amines) is 1. The van der Waals surface area contributed by atoms with Crippen molar-refractivity contribution in [1.29, 1.82) is 0 Å². The van der Waals surface area contributed by atoms with Gasteiger partial charge in [-0.2, -0.15) is 0 Å². The Morgan fingerprint density at radius 1 is 1.19 bits per heavy atom. The molecule has 12 nitrogen and oxygen atoms in total. The van der Waals surface area contributed by atoms with E-state index in [-0.39, 0.29) is 13.0 Å². The third-order valence-corrected chi connectivity index (χ3v) is 4.07. The van der Waals surface area contributed by atoms with Crippen molar-refractivity contribution in [2.24, 2.45) is 5.73 Å². The lowest BCUT2D eigenvalue weighted by Crippen LogP contribution is -2.57. The van der Waals surface area contributed by atoms with E-state index >= 15 is 0 Å². The molecule has 1 aliphatic heterocycles. The largest absolute Gasteiger partial charge is 0.481 e. The molecule has 12 heteroatoms. The Morgan fingerprint density at radius 3 is 2.33 bits per heavy atom. The molecule has 0 radical (unpaired) electrons. The van der Waals surface area contributed by atoms with Gasteiger partial charge >= 0.3 is 11.9 Å². The van der Waals surface area contributed by atoms with Gasteiger partial charge in [-0.15, -0.1) is 0 Å². The van der Waals surface area contributed by atoms with Crippen molar-refractivity contribution < 1.29 is 39.3 Å². The maximum absolute atomic E-state index is 12.7. The summed E-state index contributed by atoms with van der Waals surface area (Å²) in [6.07, 6.45) is -1.22. The van der Waals surface area contributed by atoms with Gasteiger partial charge in [0.05, 0.1) is 12.5 Å². The molecule has 0 aromatic rings. The number of aliphatic carboxylic acids is 2. The summed E-state index contributed by atoms with van der Waals surface area (Å²) < 4.78 is 0. The second kappa shape index (κ2) is 9.83. The molecule has 4 atom stereocenters. The van der Waals surface area contributed by atoms with Gasteiger partial charge < -0.3 is 36.6 Å². The van der Waals surface area contributed by atoms with Gasteiger partial charge in [0.2, 0.25) is 17.7 Å². The molecule has 0 aromatic heterocycles. The third-order valence-electron chi connectivity index (χ3n) is 4.07. The molecule has 0 saturated carbocycles. The monoisotopic (exact) mass is 388 g/mol. The molecule has 1 rings (SSSR count). The normalized spacial score (nSPS) is 19.7. The zero-order valence-electron chi connectivity index (χ0n) is 14.8. The van der Waals surface area contributed by atoms with Crippen LogP contribution in [-0.2, 0) is 24.0 Å². The smallest absolute Gasteiger partial charge is 0.322 e. The molecule has 152 valence electrons. The first-order valence-electron chi connectivity index (χ1n) is 8.30. The van der Waals surface area contributed by atoms with Gasteiger partial charge in [-0.25, -0.2) is 0 Å². The van der Waals surface area contributed by atoms with Gasteiger partial charge in [-0.05, 0) is 19.8 Å². The molecule has 0 aromatic carbocycles. The van der Waals surface area contributed by atoms with Gasteiger partial charge in [0, 0.05) is 6.54 Å². The quantitative estimate of drug-likeness (QED) is 0.236. The second-order valence-corrected chi connectivity index (χ2v) is 6.23. The number of aliphatic hydroxyl groups excluding tert-OH is 1. The highest BCUT2D eigenvalue weighted by Gasteiger charge is 2.39. The Bertz CT molecular complexity index is 609. The molecule has 3 amide bonds. The molecule has 1 aliphatic rings. The summed E-state index contributed by atoms with van der Waals surface area (Å²) in [6.45, 7) is 0.801. The van der Waals surface area contributed by atoms with Crippen molar-refractivity contribution in [3.63, 3.8) is 0 Å². The van der Waals surface area contributed by atoms with Crippen LogP contribution >= 0.6 is 0 Å². The van der Waals surface area contributed by atoms with E-state index in [1.165, 1.54) is 6.92 Å². The first-order valence-corrected chi connectivity index (χ1v) is 8.30. The molecule has 7 N–H and O–H groups in total. The molecule has 1 heterocycles. The molecular weight excluding hydrogens is 364 g/mol. The molecule has 0 spiro atoms. The van der Waals surface area contributed by atoms with Crippen molar-refractivity contribution in [2.75, 3.05) is 13.1 Å². The van der Waals surface area contributed by atoms with Crippen molar-refractivity contribution in [3.05, 3.63) is 0 Å². The minimum Gasteiger partial charge on any atom is -0.481 e. The summed E-state index contributed by atoms with van der Waals surface area (Å²) in [4.78, 5) is 59.5. The third kappa shape index (κ3) is 6.49. The summed E-state index contributed by atoms with van der Waals surface area (Å²) >= 11 is 0. The fraction of sp³-hybridized carbons (Fsp3) is 0.667. The van der Waals surface area contributed by atoms with E-state index in [4.69, 9.17) is 15.9 Å². The van der Waals surface area contributed by atoms with Crippen molar-refractivity contribution in [1.82, 2.24) is 15.5 Å². The number of nitrogens with one attached hydrogen (secondary N) is 2. The fourth-order valence-electron chi connectivity index (χ4n) is 2.65. The van der Waals surface area contributed by atoms with E-state index in [1.54, 1.807) is 0 Å². The molecule has 1 saturated heterocycles. The molecule has 0 aliphatic carbocycles. The zero-order chi connectivity index (χ0) is 20.7. The Kier molecular flexibility index (Phi) is 8.12. The minimum absolute atomic E-state index is 0.151. The van der Waals surface area contributed by atoms with Gasteiger partial charge in [0.25, 0.3) is 0 Å². The number of hydrogen-bond acceptors (Lipinski definition) is 7. The van der Waals surface area contributed by atoms with Crippen LogP contribution in [0.25, 0.3) is 0 Å². The first kappa shape index (κ1) is 22.3. The van der Waals surface area contributed by atoms with Gasteiger partial charge in [0.1, 0.15) is 24.7 Å². The number of carbonyl (C=O) groups excluding carboxylic acids is 3. The Hall–Kier alpha value is -2.73. The van der Waals surface area contributed by atoms with E-state index in [2.05, 4.69) is 10.6 Å². The van der Waals surface area contributed by atoms with Crippen LogP contribution in [0.3, 0.4) is 0 Å². The standard InChI is InChI=1S/C15H24N4O8/c1-7(20)12(16)14(26)18-8(5-10(21)22)15(27)19-4-2-3-9(19)13(25)17-6-11(23)24/h7-9,12,20H,2-6,16H2,1H3,(H,17,25)(H,18,26)(H,21,22)(H,23,24). The summed E-state index contributed by atoms with van der Waals surface area (Å²) in [5.74, 6) is -4.98. The van der Waals surface area contributed by atoms with Crippen LogP contribution in [0, 0.1) is 0 Å². The number of carboxylic acid groups (broad SMARTS) is 2. The van der Waals surface area contributed by atoms with Crippen LogP contribution in [-0.4, -0.2) is 87.2 Å². The summed E-state index contributed by atoms with van der Waals surface area (Å²) in [5, 5.41) is 31.4. The van der Waals surface area contributed by atoms with Gasteiger partial charge in [0.15, 0.2) is 0 Å². The predicted molar refractivity (Wildman–Crippen MR) is 89.2 cm³/mol. The van der Waals surface area contributed by atoms with Crippen molar-refractivity contribution in [3.8, 4) is 0 Å². The van der Waals surface area contributed by atoms with Crippen LogP contribution < -0.4 is 16.4 Å². The number of nitrogens with two attached hydrogens (primary N) is 1. The van der Waals surface area contributed by atoms with E-state index < -0.39 is 66.9 Å². The minimum atomic E-state index is -1.48. The maximum Gasteiger partial charge on any atom is 0.322 e. The van der Waals surface area contributed by atoms with Crippen LogP contribution in [0.2, 0.25) is 0 Å². The number of amides is 3. The lowest BCUT2D eigenvalue weighted by atomic mass is 10.1. The number of hydrogen-bond donors (Lipinski definition) is 6. The Labute approximate surface area is 154 Å². The van der Waals surface area contributed by atoms with Crippen LogP contribution in [0.5, 0.6) is 0 Å². The number of nitrogens with zero attached hydrogens (tertiary/aromatic N) is 1. The highest BCUT2D eigenvalue weighted by Crippen LogP contribution is 2.19. The highest BCUT2D eigenvalue weighted by molar-refractivity contribution is 5.95. The van der Waals surface area contributed by atoms with Crippen LogP contribution in [0.15, 0.2) is 0 Å². The SMILES string of the molecule is CC(O)C(N)C(=O)NC(CC(=O)O)C(=O)N1CCCC1C(=O)NCC(=O)O. The average molecular weight is 388 g/mol. The van der Waals surface area contributed by atoms with Crippen molar-refractivity contribution in [2.45, 2.75) is 50.4 Å². The molecule has 27 heavy (non-hydrogen) atoms. The number of rotatable bonds is 9. The fourth-order valence-corrected chi connectivity index (χ4v) is 2.65. The van der Waals surface area contributed by atoms with E-state index in [0.717, 1.165) is 4.90 Å². The topological polar surface area (TPSA) is 199 Å². The predicted octanol–water partition coefficient (Wildman–Crippen LogP) is -3.15. The van der Waals surface area contributed by atoms with E-state index in [1.807, 2.05) is 0 Å². The van der Waals surface area contributed by atoms with Crippen LogP contribution in [0.1, 0.15) is 26.2 Å². The summed E-state index contributed by atoms with van der Waals surface area (Å²) in [7, 11) is 0. The average Bonchev–Trinajstić information content (AvgIpc) is 3.06. The number of carboxylic acids is 2.